The average molecular weight is 298 g/mol. The number of carbonyl (C=O) groups is 3. The molecule has 8 heteroatoms. The SMILES string of the molecule is COC(=O)CCN(C)C(=O)Nc1ccc(F)c(C(=O)O)c1. The van der Waals surface area contributed by atoms with E-state index in [9.17, 15) is 18.8 Å². The zero-order chi connectivity index (χ0) is 16.0. The Morgan fingerprint density at radius 1 is 1.38 bits per heavy atom. The molecule has 0 fully saturated rings. The fourth-order valence-electron chi connectivity index (χ4n) is 1.45. The minimum Gasteiger partial charge on any atom is -0.478 e. The Morgan fingerprint density at radius 3 is 2.62 bits per heavy atom. The van der Waals surface area contributed by atoms with Gasteiger partial charge in [-0.2, -0.15) is 0 Å². The van der Waals surface area contributed by atoms with Gasteiger partial charge >= 0.3 is 18.0 Å². The molecule has 0 bridgehead atoms. The highest BCUT2D eigenvalue weighted by molar-refractivity contribution is 5.93. The molecule has 1 rings (SSSR count). The zero-order valence-electron chi connectivity index (χ0n) is 11.6. The van der Waals surface area contributed by atoms with Crippen LogP contribution in [0.3, 0.4) is 0 Å². The summed E-state index contributed by atoms with van der Waals surface area (Å²) in [5, 5.41) is 11.2. The van der Waals surface area contributed by atoms with E-state index in [0.29, 0.717) is 0 Å². The first-order valence-corrected chi connectivity index (χ1v) is 5.97. The second kappa shape index (κ2) is 7.22. The van der Waals surface area contributed by atoms with Gasteiger partial charge in [-0.05, 0) is 18.2 Å². The van der Waals surface area contributed by atoms with Crippen molar-refractivity contribution >= 4 is 23.7 Å². The van der Waals surface area contributed by atoms with Crippen molar-refractivity contribution in [1.29, 1.82) is 0 Å². The van der Waals surface area contributed by atoms with Gasteiger partial charge in [-0.25, -0.2) is 14.0 Å². The van der Waals surface area contributed by atoms with E-state index in [2.05, 4.69) is 10.1 Å². The topological polar surface area (TPSA) is 95.9 Å². The lowest BCUT2D eigenvalue weighted by atomic mass is 10.2. The third kappa shape index (κ3) is 4.75. The van der Waals surface area contributed by atoms with Crippen LogP contribution in [0.2, 0.25) is 0 Å². The van der Waals surface area contributed by atoms with Gasteiger partial charge in [-0.15, -0.1) is 0 Å². The Kier molecular flexibility index (Phi) is 5.65. The van der Waals surface area contributed by atoms with Gasteiger partial charge in [0.25, 0.3) is 0 Å². The lowest BCUT2D eigenvalue weighted by molar-refractivity contribution is -0.140. The van der Waals surface area contributed by atoms with Gasteiger partial charge in [0.05, 0.1) is 19.1 Å². The number of hydrogen-bond acceptors (Lipinski definition) is 4. The largest absolute Gasteiger partial charge is 0.478 e. The van der Waals surface area contributed by atoms with E-state index in [-0.39, 0.29) is 18.7 Å². The number of rotatable bonds is 5. The smallest absolute Gasteiger partial charge is 0.338 e. The van der Waals surface area contributed by atoms with Crippen LogP contribution in [-0.4, -0.2) is 48.7 Å². The number of nitrogens with zero attached hydrogens (tertiary/aromatic N) is 1. The molecule has 0 radical (unpaired) electrons. The van der Waals surface area contributed by atoms with Crippen molar-refractivity contribution in [2.75, 3.05) is 26.0 Å². The summed E-state index contributed by atoms with van der Waals surface area (Å²) in [4.78, 5) is 34.8. The summed E-state index contributed by atoms with van der Waals surface area (Å²) < 4.78 is 17.7. The van der Waals surface area contributed by atoms with E-state index in [4.69, 9.17) is 5.11 Å². The van der Waals surface area contributed by atoms with Crippen LogP contribution in [0.1, 0.15) is 16.8 Å². The van der Waals surface area contributed by atoms with Crippen molar-refractivity contribution in [3.63, 3.8) is 0 Å². The third-order valence-corrected chi connectivity index (χ3v) is 2.67. The molecule has 0 unspecified atom stereocenters. The van der Waals surface area contributed by atoms with E-state index < -0.39 is 29.4 Å². The number of esters is 1. The molecule has 0 atom stereocenters. The first-order chi connectivity index (χ1) is 9.85. The normalized spacial score (nSPS) is 9.86. The molecule has 2 amide bonds. The lowest BCUT2D eigenvalue weighted by Gasteiger charge is -2.17. The number of anilines is 1. The number of urea groups is 1. The molecule has 7 nitrogen and oxygen atoms in total. The molecule has 0 aliphatic heterocycles. The van der Waals surface area contributed by atoms with Crippen LogP contribution in [-0.2, 0) is 9.53 Å². The van der Waals surface area contributed by atoms with Gasteiger partial charge in [0.2, 0.25) is 0 Å². The Morgan fingerprint density at radius 2 is 2.05 bits per heavy atom. The standard InChI is InChI=1S/C13H15FN2O5/c1-16(6-5-11(17)21-2)13(20)15-8-3-4-10(14)9(7-8)12(18)19/h3-4,7H,5-6H2,1-2H3,(H,15,20)(H,18,19). The number of halogens is 1. The van der Waals surface area contributed by atoms with Crippen LogP contribution in [0.4, 0.5) is 14.9 Å². The first kappa shape index (κ1) is 16.4. The highest BCUT2D eigenvalue weighted by Crippen LogP contribution is 2.15. The molecule has 2 N–H and O–H groups in total. The summed E-state index contributed by atoms with van der Waals surface area (Å²) in [7, 11) is 2.70. The molecule has 0 saturated carbocycles. The van der Waals surface area contributed by atoms with Crippen molar-refractivity contribution in [3.8, 4) is 0 Å². The molecular weight excluding hydrogens is 283 g/mol. The van der Waals surface area contributed by atoms with Crippen LogP contribution in [0.25, 0.3) is 0 Å². The van der Waals surface area contributed by atoms with Gasteiger partial charge in [-0.3, -0.25) is 4.79 Å². The van der Waals surface area contributed by atoms with Crippen LogP contribution >= 0.6 is 0 Å². The van der Waals surface area contributed by atoms with Crippen LogP contribution < -0.4 is 5.32 Å². The van der Waals surface area contributed by atoms with Gasteiger partial charge in [0.1, 0.15) is 5.82 Å². The van der Waals surface area contributed by atoms with Crippen molar-refractivity contribution in [2.45, 2.75) is 6.42 Å². The summed E-state index contributed by atoms with van der Waals surface area (Å²) in [6.45, 7) is 0.130. The van der Waals surface area contributed by atoms with Crippen molar-refractivity contribution < 1.29 is 28.6 Å². The van der Waals surface area contributed by atoms with Crippen molar-refractivity contribution in [3.05, 3.63) is 29.6 Å². The Bertz CT molecular complexity index is 561. The van der Waals surface area contributed by atoms with Crippen molar-refractivity contribution in [1.82, 2.24) is 4.90 Å². The van der Waals surface area contributed by atoms with Gasteiger partial charge in [-0.1, -0.05) is 0 Å². The van der Waals surface area contributed by atoms with E-state index in [1.807, 2.05) is 0 Å². The number of aromatic carboxylic acids is 1. The van der Waals surface area contributed by atoms with Crippen LogP contribution in [0.5, 0.6) is 0 Å². The molecule has 1 aromatic rings. The number of ether oxygens (including phenoxy) is 1. The highest BCUT2D eigenvalue weighted by atomic mass is 19.1. The average Bonchev–Trinajstić information content (AvgIpc) is 2.45. The summed E-state index contributed by atoms with van der Waals surface area (Å²) in [5.41, 5.74) is -0.395. The van der Waals surface area contributed by atoms with E-state index in [1.165, 1.54) is 25.1 Å². The molecule has 0 aliphatic carbocycles. The minimum atomic E-state index is -1.43. The van der Waals surface area contributed by atoms with Gasteiger partial charge < -0.3 is 20.1 Å². The summed E-state index contributed by atoms with van der Waals surface area (Å²) in [6, 6.07) is 2.66. The quantitative estimate of drug-likeness (QED) is 0.804. The summed E-state index contributed by atoms with van der Waals surface area (Å²) >= 11 is 0. The molecule has 0 aliphatic rings. The molecular formula is C13H15FN2O5. The van der Waals surface area contributed by atoms with Crippen LogP contribution in [0, 0.1) is 5.82 Å². The van der Waals surface area contributed by atoms with Gasteiger partial charge in [0, 0.05) is 19.3 Å². The molecule has 0 aromatic heterocycles. The molecule has 114 valence electrons. The Hall–Kier alpha value is -2.64. The fraction of sp³-hybridized carbons (Fsp3) is 0.308. The van der Waals surface area contributed by atoms with Gasteiger partial charge in [0.15, 0.2) is 0 Å². The lowest BCUT2D eigenvalue weighted by Crippen LogP contribution is -2.33. The monoisotopic (exact) mass is 298 g/mol. The number of carboxylic acid groups (broad SMARTS) is 1. The fourth-order valence-corrected chi connectivity index (χ4v) is 1.45. The predicted molar refractivity (Wildman–Crippen MR) is 71.6 cm³/mol. The van der Waals surface area contributed by atoms with Crippen LogP contribution in [0.15, 0.2) is 18.2 Å². The zero-order valence-corrected chi connectivity index (χ0v) is 11.6. The predicted octanol–water partition coefficient (Wildman–Crippen LogP) is 1.55. The second-order valence-corrected chi connectivity index (χ2v) is 4.18. The summed E-state index contributed by atoms with van der Waals surface area (Å²) in [5.74, 6) is -2.77. The maximum Gasteiger partial charge on any atom is 0.338 e. The highest BCUT2D eigenvalue weighted by Gasteiger charge is 2.14. The molecule has 0 heterocycles. The number of carbonyl (C=O) groups excluding carboxylic acids is 2. The molecule has 21 heavy (non-hydrogen) atoms. The maximum atomic E-state index is 13.2. The number of nitrogens with one attached hydrogen (secondary N) is 1. The number of carboxylic acids is 1. The maximum absolute atomic E-state index is 13.2. The minimum absolute atomic E-state index is 0.0320. The van der Waals surface area contributed by atoms with Crippen molar-refractivity contribution in [2.24, 2.45) is 0 Å². The van der Waals surface area contributed by atoms with E-state index in [0.717, 1.165) is 12.1 Å². The Balaban J connectivity index is 2.68. The molecule has 0 saturated heterocycles. The molecule has 1 aromatic carbocycles. The summed E-state index contributed by atoms with van der Waals surface area (Å²) in [6.07, 6.45) is 0.0320. The van der Waals surface area contributed by atoms with E-state index >= 15 is 0 Å². The molecule has 0 spiro atoms. The second-order valence-electron chi connectivity index (χ2n) is 4.18. The third-order valence-electron chi connectivity index (χ3n) is 2.67. The first-order valence-electron chi connectivity index (χ1n) is 5.97. The number of methoxy groups -OCH3 is 1. The van der Waals surface area contributed by atoms with E-state index in [1.54, 1.807) is 0 Å². The number of hydrogen-bond donors (Lipinski definition) is 2. The number of amides is 2. The Labute approximate surface area is 120 Å². The number of benzene rings is 1.